The first-order chi connectivity index (χ1) is 11.9. The number of rotatable bonds is 4. The van der Waals surface area contributed by atoms with E-state index in [1.807, 2.05) is 11.5 Å². The van der Waals surface area contributed by atoms with Crippen LogP contribution in [0.3, 0.4) is 0 Å². The molecule has 130 valence electrons. The Kier molecular flexibility index (Phi) is 4.39. The highest BCUT2D eigenvalue weighted by Crippen LogP contribution is 2.23. The molecule has 3 rings (SSSR count). The second kappa shape index (κ2) is 6.51. The monoisotopic (exact) mass is 343 g/mol. The average molecular weight is 343 g/mol. The quantitative estimate of drug-likeness (QED) is 0.681. The summed E-state index contributed by atoms with van der Waals surface area (Å²) in [6, 6.07) is 6.54. The Bertz CT molecular complexity index is 1020. The number of hydrogen-bond donors (Lipinski definition) is 0. The fourth-order valence-corrected chi connectivity index (χ4v) is 2.98. The Morgan fingerprint density at radius 2 is 1.96 bits per heavy atom. The largest absolute Gasteiger partial charge is 0.468 e. The highest BCUT2D eigenvalue weighted by Gasteiger charge is 2.18. The van der Waals surface area contributed by atoms with Crippen LogP contribution in [0.25, 0.3) is 10.8 Å². The molecule has 1 aromatic carbocycles. The third-order valence-corrected chi connectivity index (χ3v) is 4.40. The third-order valence-electron chi connectivity index (χ3n) is 4.40. The van der Waals surface area contributed by atoms with E-state index in [2.05, 4.69) is 9.84 Å². The number of halogens is 1. The molecule has 0 N–H and O–H groups in total. The number of ether oxygens (including phenoxy) is 1. The molecule has 3 aromatic rings. The van der Waals surface area contributed by atoms with Crippen molar-refractivity contribution in [2.45, 2.75) is 26.9 Å². The molecule has 0 bridgehead atoms. The van der Waals surface area contributed by atoms with E-state index < -0.39 is 5.97 Å². The topological polar surface area (TPSA) is 66.1 Å². The summed E-state index contributed by atoms with van der Waals surface area (Å²) in [7, 11) is 1.26. The molecule has 0 spiro atoms. The fourth-order valence-electron chi connectivity index (χ4n) is 2.98. The van der Waals surface area contributed by atoms with Gasteiger partial charge in [-0.25, -0.2) is 9.07 Å². The summed E-state index contributed by atoms with van der Waals surface area (Å²) >= 11 is 0. The number of hydrogen-bond acceptors (Lipinski definition) is 4. The molecule has 2 aromatic heterocycles. The van der Waals surface area contributed by atoms with Crippen molar-refractivity contribution < 1.29 is 13.9 Å². The molecule has 0 radical (unpaired) electrons. The molecule has 2 heterocycles. The first-order valence-electron chi connectivity index (χ1n) is 7.79. The molecule has 0 saturated heterocycles. The van der Waals surface area contributed by atoms with Crippen molar-refractivity contribution in [1.82, 2.24) is 14.3 Å². The molecule has 0 atom stereocenters. The van der Waals surface area contributed by atoms with Gasteiger partial charge in [0.1, 0.15) is 12.4 Å². The number of benzene rings is 1. The Labute approximate surface area is 143 Å². The van der Waals surface area contributed by atoms with Crippen LogP contribution < -0.4 is 5.56 Å². The van der Waals surface area contributed by atoms with Crippen molar-refractivity contribution in [2.24, 2.45) is 0 Å². The molecule has 0 fully saturated rings. The van der Waals surface area contributed by atoms with Gasteiger partial charge in [-0.1, -0.05) is 18.2 Å². The van der Waals surface area contributed by atoms with Crippen LogP contribution in [0, 0.1) is 19.7 Å². The predicted octanol–water partition coefficient (Wildman–Crippen LogP) is 2.18. The lowest BCUT2D eigenvalue weighted by Crippen LogP contribution is -2.27. The van der Waals surface area contributed by atoms with Gasteiger partial charge in [-0.3, -0.25) is 9.59 Å². The van der Waals surface area contributed by atoms with Crippen LogP contribution in [-0.2, 0) is 22.6 Å². The number of aromatic nitrogens is 3. The molecule has 0 amide bonds. The van der Waals surface area contributed by atoms with E-state index in [0.717, 1.165) is 10.4 Å². The van der Waals surface area contributed by atoms with Crippen LogP contribution in [0.5, 0.6) is 0 Å². The standard InChI is InChI=1S/C18H18FN3O3/c1-11-14-8-20-22(10-16(23)25-3)18(24)17(14)12(2)21(11)9-13-6-4-5-7-15(13)19/h4-8H,9-10H2,1-3H3. The molecule has 0 aliphatic carbocycles. The number of aryl methyl sites for hydroxylation is 2. The number of methoxy groups -OCH3 is 1. The lowest BCUT2D eigenvalue weighted by molar-refractivity contribution is -0.141. The van der Waals surface area contributed by atoms with Gasteiger partial charge in [0, 0.05) is 22.3 Å². The van der Waals surface area contributed by atoms with Crippen molar-refractivity contribution in [3.05, 3.63) is 63.6 Å². The summed E-state index contributed by atoms with van der Waals surface area (Å²) in [6.07, 6.45) is 1.56. The Morgan fingerprint density at radius 3 is 2.64 bits per heavy atom. The Morgan fingerprint density at radius 1 is 1.24 bits per heavy atom. The van der Waals surface area contributed by atoms with Crippen LogP contribution in [0.4, 0.5) is 4.39 Å². The maximum absolute atomic E-state index is 14.0. The normalized spacial score (nSPS) is 11.0. The summed E-state index contributed by atoms with van der Waals surface area (Å²) in [5.41, 5.74) is 1.71. The Hall–Kier alpha value is -2.96. The highest BCUT2D eigenvalue weighted by molar-refractivity contribution is 5.87. The second-order valence-corrected chi connectivity index (χ2v) is 5.82. The van der Waals surface area contributed by atoms with Gasteiger partial charge in [0.15, 0.2) is 0 Å². The van der Waals surface area contributed by atoms with Crippen molar-refractivity contribution in [3.63, 3.8) is 0 Å². The lowest BCUT2D eigenvalue weighted by atomic mass is 10.2. The van der Waals surface area contributed by atoms with E-state index in [9.17, 15) is 14.0 Å². The number of nitrogens with zero attached hydrogens (tertiary/aromatic N) is 3. The van der Waals surface area contributed by atoms with Crippen LogP contribution in [0.1, 0.15) is 17.0 Å². The number of fused-ring (bicyclic) bond motifs is 1. The van der Waals surface area contributed by atoms with Crippen molar-refractivity contribution in [3.8, 4) is 0 Å². The van der Waals surface area contributed by atoms with Gasteiger partial charge in [0.2, 0.25) is 0 Å². The predicted molar refractivity (Wildman–Crippen MR) is 91.0 cm³/mol. The van der Waals surface area contributed by atoms with E-state index in [1.165, 1.54) is 13.2 Å². The van der Waals surface area contributed by atoms with Gasteiger partial charge in [-0.05, 0) is 19.9 Å². The summed E-state index contributed by atoms with van der Waals surface area (Å²) in [5.74, 6) is -0.839. The molecule has 0 unspecified atom stereocenters. The number of carbonyl (C=O) groups is 1. The van der Waals surface area contributed by atoms with E-state index in [1.54, 1.807) is 31.3 Å². The van der Waals surface area contributed by atoms with Gasteiger partial charge in [-0.15, -0.1) is 0 Å². The van der Waals surface area contributed by atoms with Gasteiger partial charge < -0.3 is 9.30 Å². The van der Waals surface area contributed by atoms with Crippen molar-refractivity contribution >= 4 is 16.7 Å². The van der Waals surface area contributed by atoms with Crippen LogP contribution >= 0.6 is 0 Å². The molecule has 7 heteroatoms. The number of carbonyl (C=O) groups excluding carboxylic acids is 1. The zero-order valence-electron chi connectivity index (χ0n) is 14.2. The molecule has 0 aliphatic heterocycles. The first-order valence-corrected chi connectivity index (χ1v) is 7.79. The summed E-state index contributed by atoms with van der Waals surface area (Å²) in [5, 5.41) is 5.22. The van der Waals surface area contributed by atoms with Gasteiger partial charge >= 0.3 is 5.97 Å². The average Bonchev–Trinajstić information content (AvgIpc) is 2.84. The molecule has 6 nitrogen and oxygen atoms in total. The molecular weight excluding hydrogens is 325 g/mol. The van der Waals surface area contributed by atoms with Gasteiger partial charge in [-0.2, -0.15) is 5.10 Å². The summed E-state index contributed by atoms with van der Waals surface area (Å²) in [4.78, 5) is 24.1. The highest BCUT2D eigenvalue weighted by atomic mass is 19.1. The van der Waals surface area contributed by atoms with Crippen LogP contribution in [0.2, 0.25) is 0 Å². The molecular formula is C18H18FN3O3. The minimum absolute atomic E-state index is 0.248. The molecule has 0 aliphatic rings. The second-order valence-electron chi connectivity index (χ2n) is 5.82. The number of esters is 1. The van der Waals surface area contributed by atoms with Crippen LogP contribution in [0.15, 0.2) is 35.3 Å². The summed E-state index contributed by atoms with van der Waals surface area (Å²) < 4.78 is 21.5. The summed E-state index contributed by atoms with van der Waals surface area (Å²) in [6.45, 7) is 3.74. The lowest BCUT2D eigenvalue weighted by Gasteiger charge is -2.10. The Balaban J connectivity index is 2.13. The zero-order chi connectivity index (χ0) is 18.1. The van der Waals surface area contributed by atoms with E-state index in [-0.39, 0.29) is 17.9 Å². The maximum Gasteiger partial charge on any atom is 0.327 e. The molecule has 0 saturated carbocycles. The van der Waals surface area contributed by atoms with E-state index in [4.69, 9.17) is 0 Å². The van der Waals surface area contributed by atoms with Gasteiger partial charge in [0.05, 0.1) is 25.2 Å². The third kappa shape index (κ3) is 2.93. The fraction of sp³-hybridized carbons (Fsp3) is 0.278. The van der Waals surface area contributed by atoms with Crippen molar-refractivity contribution in [1.29, 1.82) is 0 Å². The minimum Gasteiger partial charge on any atom is -0.468 e. The molecule has 25 heavy (non-hydrogen) atoms. The smallest absolute Gasteiger partial charge is 0.327 e. The van der Waals surface area contributed by atoms with E-state index in [0.29, 0.717) is 28.6 Å². The van der Waals surface area contributed by atoms with Gasteiger partial charge in [0.25, 0.3) is 5.56 Å². The first kappa shape index (κ1) is 16.9. The maximum atomic E-state index is 14.0. The van der Waals surface area contributed by atoms with E-state index >= 15 is 0 Å². The SMILES string of the molecule is COC(=O)Cn1ncc2c(C)n(Cc3ccccc3F)c(C)c2c1=O. The minimum atomic E-state index is -0.547. The van der Waals surface area contributed by atoms with Crippen molar-refractivity contribution in [2.75, 3.05) is 7.11 Å². The zero-order valence-corrected chi connectivity index (χ0v) is 14.2. The van der Waals surface area contributed by atoms with Crippen LogP contribution in [-0.4, -0.2) is 27.4 Å².